The van der Waals surface area contributed by atoms with E-state index in [-0.39, 0.29) is 17.0 Å². The van der Waals surface area contributed by atoms with Gasteiger partial charge in [0.25, 0.3) is 0 Å². The van der Waals surface area contributed by atoms with Gasteiger partial charge in [0.15, 0.2) is 5.17 Å². The first-order valence-electron chi connectivity index (χ1n) is 9.71. The molecule has 1 aliphatic rings. The fourth-order valence-electron chi connectivity index (χ4n) is 3.16. The molecule has 1 aliphatic heterocycles. The Hall–Kier alpha value is -2.96. The van der Waals surface area contributed by atoms with Crippen molar-refractivity contribution in [3.05, 3.63) is 106 Å². The summed E-state index contributed by atoms with van der Waals surface area (Å²) >= 11 is 7.29. The zero-order chi connectivity index (χ0) is 21.6. The van der Waals surface area contributed by atoms with Crippen LogP contribution in [0.3, 0.4) is 0 Å². The highest BCUT2D eigenvalue weighted by molar-refractivity contribution is 8.15. The number of halogens is 2. The molecule has 4 nitrogen and oxygen atoms in total. The lowest BCUT2D eigenvalue weighted by Gasteiger charge is -2.16. The molecular weight excluding hydrogens is 433 g/mol. The second-order valence-corrected chi connectivity index (χ2v) is 8.63. The summed E-state index contributed by atoms with van der Waals surface area (Å²) in [6.07, 6.45) is 2.12. The Labute approximate surface area is 189 Å². The minimum absolute atomic E-state index is 0.0291. The summed E-state index contributed by atoms with van der Waals surface area (Å²) in [5.41, 5.74) is 2.77. The number of amidine groups is 1. The number of benzene rings is 3. The van der Waals surface area contributed by atoms with E-state index in [2.05, 4.69) is 10.2 Å². The molecule has 1 fully saturated rings. The molecule has 1 atom stereocenters. The van der Waals surface area contributed by atoms with Crippen molar-refractivity contribution in [1.82, 2.24) is 4.90 Å². The molecule has 0 N–H and O–H groups in total. The van der Waals surface area contributed by atoms with Crippen LogP contribution in [0, 0.1) is 5.82 Å². The van der Waals surface area contributed by atoms with Crippen molar-refractivity contribution in [3.63, 3.8) is 0 Å². The average molecular weight is 452 g/mol. The van der Waals surface area contributed by atoms with Crippen molar-refractivity contribution >= 4 is 40.7 Å². The van der Waals surface area contributed by atoms with E-state index in [0.29, 0.717) is 23.2 Å². The summed E-state index contributed by atoms with van der Waals surface area (Å²) in [6, 6.07) is 23.2. The molecule has 0 radical (unpaired) electrons. The molecule has 3 aromatic carbocycles. The molecule has 3 aromatic rings. The molecular formula is C24H19ClFN3OS. The van der Waals surface area contributed by atoms with Gasteiger partial charge in [-0.3, -0.25) is 9.69 Å². The fraction of sp³-hybridized carbons (Fsp3) is 0.125. The number of hydrogen-bond acceptors (Lipinski definition) is 4. The molecule has 1 amide bonds. The van der Waals surface area contributed by atoms with Crippen LogP contribution in [-0.2, 0) is 17.8 Å². The van der Waals surface area contributed by atoms with Crippen molar-refractivity contribution in [2.45, 2.75) is 18.2 Å². The highest BCUT2D eigenvalue weighted by Crippen LogP contribution is 2.31. The fourth-order valence-corrected chi connectivity index (χ4v) is 4.42. The van der Waals surface area contributed by atoms with Crippen molar-refractivity contribution < 1.29 is 9.18 Å². The Kier molecular flexibility index (Phi) is 6.79. The van der Waals surface area contributed by atoms with Gasteiger partial charge >= 0.3 is 0 Å². The van der Waals surface area contributed by atoms with Crippen LogP contribution in [0.25, 0.3) is 0 Å². The van der Waals surface area contributed by atoms with Crippen LogP contribution in [-0.4, -0.2) is 27.4 Å². The van der Waals surface area contributed by atoms with Gasteiger partial charge in [-0.2, -0.15) is 5.10 Å². The predicted octanol–water partition coefficient (Wildman–Crippen LogP) is 5.56. The number of thioether (sulfide) groups is 1. The third-order valence-electron chi connectivity index (χ3n) is 4.76. The molecule has 4 rings (SSSR count). The lowest BCUT2D eigenvalue weighted by atomic mass is 10.1. The van der Waals surface area contributed by atoms with Crippen LogP contribution in [0.2, 0.25) is 5.02 Å². The van der Waals surface area contributed by atoms with E-state index in [1.165, 1.54) is 23.9 Å². The van der Waals surface area contributed by atoms with Crippen molar-refractivity contribution in [1.29, 1.82) is 0 Å². The number of amides is 1. The lowest BCUT2D eigenvalue weighted by molar-refractivity contribution is -0.126. The first-order chi connectivity index (χ1) is 15.1. The van der Waals surface area contributed by atoms with E-state index in [4.69, 9.17) is 11.6 Å². The van der Waals surface area contributed by atoms with Crippen LogP contribution < -0.4 is 0 Å². The molecule has 1 unspecified atom stereocenters. The Bertz CT molecular complexity index is 1100. The molecule has 1 saturated heterocycles. The van der Waals surface area contributed by atoms with Crippen molar-refractivity contribution in [2.75, 3.05) is 0 Å². The topological polar surface area (TPSA) is 45.0 Å². The average Bonchev–Trinajstić information content (AvgIpc) is 3.06. The number of nitrogens with zero attached hydrogens (tertiary/aromatic N) is 3. The van der Waals surface area contributed by atoms with Gasteiger partial charge < -0.3 is 0 Å². The molecule has 7 heteroatoms. The Morgan fingerprint density at radius 1 is 0.968 bits per heavy atom. The quantitative estimate of drug-likeness (QED) is 0.364. The molecule has 31 heavy (non-hydrogen) atoms. The Morgan fingerprint density at radius 3 is 2.39 bits per heavy atom. The van der Waals surface area contributed by atoms with Gasteiger partial charge in [-0.05, 0) is 47.4 Å². The molecule has 0 saturated carbocycles. The standard InChI is InChI=1S/C24H19ClFN3OS/c25-20-10-6-18(7-11-20)15-27-28-24-29(16-19-4-2-1-3-5-19)23(30)22(31-24)14-17-8-12-21(26)13-9-17/h1-13,15,22H,14,16H2. The van der Waals surface area contributed by atoms with Gasteiger partial charge in [-0.1, -0.05) is 78.0 Å². The third kappa shape index (κ3) is 5.60. The van der Waals surface area contributed by atoms with Gasteiger partial charge in [0.1, 0.15) is 5.82 Å². The van der Waals surface area contributed by atoms with Crippen molar-refractivity contribution in [2.24, 2.45) is 10.2 Å². The van der Waals surface area contributed by atoms with Crippen LogP contribution >= 0.6 is 23.4 Å². The molecule has 0 spiro atoms. The second kappa shape index (κ2) is 9.90. The second-order valence-electron chi connectivity index (χ2n) is 7.03. The summed E-state index contributed by atoms with van der Waals surface area (Å²) < 4.78 is 13.2. The SMILES string of the molecule is O=C1C(Cc2ccc(F)cc2)SC(=NN=Cc2ccc(Cl)cc2)N1Cc1ccccc1. The first kappa shape index (κ1) is 21.3. The van der Waals surface area contributed by atoms with Crippen LogP contribution in [0.15, 0.2) is 89.1 Å². The van der Waals surface area contributed by atoms with E-state index < -0.39 is 0 Å². The maximum atomic E-state index is 13.2. The minimum Gasteiger partial charge on any atom is -0.284 e. The minimum atomic E-state index is -0.335. The maximum Gasteiger partial charge on any atom is 0.242 e. The maximum absolute atomic E-state index is 13.2. The molecule has 0 bridgehead atoms. The van der Waals surface area contributed by atoms with E-state index in [0.717, 1.165) is 16.7 Å². The lowest BCUT2D eigenvalue weighted by Crippen LogP contribution is -2.32. The van der Waals surface area contributed by atoms with E-state index in [9.17, 15) is 9.18 Å². The summed E-state index contributed by atoms with van der Waals surface area (Å²) in [6.45, 7) is 0.419. The van der Waals surface area contributed by atoms with Crippen LogP contribution in [0.4, 0.5) is 4.39 Å². The monoisotopic (exact) mass is 451 g/mol. The van der Waals surface area contributed by atoms with Gasteiger partial charge in [-0.25, -0.2) is 4.39 Å². The predicted molar refractivity (Wildman–Crippen MR) is 125 cm³/mol. The van der Waals surface area contributed by atoms with Gasteiger partial charge in [0.05, 0.1) is 18.0 Å². The summed E-state index contributed by atoms with van der Waals surface area (Å²) in [7, 11) is 0. The van der Waals surface area contributed by atoms with Crippen LogP contribution in [0.5, 0.6) is 0 Å². The largest absolute Gasteiger partial charge is 0.284 e. The highest BCUT2D eigenvalue weighted by Gasteiger charge is 2.38. The number of carbonyl (C=O) groups is 1. The van der Waals surface area contributed by atoms with Gasteiger partial charge in [0, 0.05) is 5.02 Å². The summed E-state index contributed by atoms with van der Waals surface area (Å²) in [5.74, 6) is -0.322. The first-order valence-corrected chi connectivity index (χ1v) is 11.0. The highest BCUT2D eigenvalue weighted by atomic mass is 35.5. The zero-order valence-corrected chi connectivity index (χ0v) is 18.1. The van der Waals surface area contributed by atoms with E-state index in [1.54, 1.807) is 35.4 Å². The van der Waals surface area contributed by atoms with Crippen LogP contribution in [0.1, 0.15) is 16.7 Å². The summed E-state index contributed by atoms with van der Waals surface area (Å²) in [4.78, 5) is 14.8. The zero-order valence-electron chi connectivity index (χ0n) is 16.5. The molecule has 1 heterocycles. The Balaban J connectivity index is 1.55. The van der Waals surface area contributed by atoms with Crippen molar-refractivity contribution in [3.8, 4) is 0 Å². The summed E-state index contributed by atoms with van der Waals surface area (Å²) in [5, 5.41) is 9.39. The normalized spacial score (nSPS) is 17.7. The molecule has 0 aliphatic carbocycles. The van der Waals surface area contributed by atoms with E-state index >= 15 is 0 Å². The third-order valence-corrected chi connectivity index (χ3v) is 6.18. The van der Waals surface area contributed by atoms with Gasteiger partial charge in [0.2, 0.25) is 5.91 Å². The molecule has 0 aromatic heterocycles. The number of hydrogen-bond donors (Lipinski definition) is 0. The Morgan fingerprint density at radius 2 is 1.68 bits per heavy atom. The smallest absolute Gasteiger partial charge is 0.242 e. The molecule has 156 valence electrons. The number of carbonyl (C=O) groups excluding carboxylic acids is 1. The number of rotatable bonds is 6. The van der Waals surface area contributed by atoms with E-state index in [1.807, 2.05) is 42.5 Å². The van der Waals surface area contributed by atoms with Gasteiger partial charge in [-0.15, -0.1) is 5.10 Å².